The highest BCUT2D eigenvalue weighted by Crippen LogP contribution is 1.88. The van der Waals surface area contributed by atoms with Gasteiger partial charge in [0.15, 0.2) is 0 Å². The Morgan fingerprint density at radius 2 is 2.50 bits per heavy atom. The van der Waals surface area contributed by atoms with E-state index in [1.807, 2.05) is 0 Å². The lowest BCUT2D eigenvalue weighted by molar-refractivity contribution is 0.326. The molecule has 46 valence electrons. The van der Waals surface area contributed by atoms with Crippen molar-refractivity contribution in [1.29, 1.82) is 0 Å². The van der Waals surface area contributed by atoms with Crippen LogP contribution in [0.25, 0.3) is 0 Å². The third-order valence-corrected chi connectivity index (χ3v) is 0.643. The molecule has 0 fully saturated rings. The van der Waals surface area contributed by atoms with Crippen LogP contribution in [-0.2, 0) is 4.74 Å². The van der Waals surface area contributed by atoms with Crippen molar-refractivity contribution in [1.82, 2.24) is 0 Å². The molecule has 0 aromatic carbocycles. The van der Waals surface area contributed by atoms with E-state index in [0.29, 0.717) is 5.57 Å². The van der Waals surface area contributed by atoms with Gasteiger partial charge in [-0.3, -0.25) is 0 Å². The maximum atomic E-state index is 8.36. The smallest absolute Gasteiger partial charge is 0.0828 e. The van der Waals surface area contributed by atoms with E-state index in [1.54, 1.807) is 13.2 Å². The van der Waals surface area contributed by atoms with Crippen molar-refractivity contribution in [3.05, 3.63) is 24.5 Å². The van der Waals surface area contributed by atoms with E-state index in [-0.39, 0.29) is 6.61 Å². The molecule has 2 heteroatoms. The second-order valence-electron chi connectivity index (χ2n) is 1.35. The summed E-state index contributed by atoms with van der Waals surface area (Å²) in [6, 6.07) is 0. The third-order valence-electron chi connectivity index (χ3n) is 0.643. The van der Waals surface area contributed by atoms with Gasteiger partial charge in [-0.2, -0.15) is 0 Å². The maximum absolute atomic E-state index is 8.36. The van der Waals surface area contributed by atoms with Gasteiger partial charge in [0, 0.05) is 0 Å². The summed E-state index contributed by atoms with van der Waals surface area (Å²) in [7, 11) is 1.54. The van der Waals surface area contributed by atoms with Crippen molar-refractivity contribution in [3.8, 4) is 0 Å². The average Bonchev–Trinajstić information content (AvgIpc) is 1.83. The molecule has 0 aromatic heterocycles. The molecule has 0 aliphatic carbocycles. The number of aliphatic hydroxyl groups excluding tert-OH is 1. The van der Waals surface area contributed by atoms with Gasteiger partial charge in [-0.15, -0.1) is 0 Å². The first-order valence-electron chi connectivity index (χ1n) is 2.29. The van der Waals surface area contributed by atoms with Crippen LogP contribution in [0.15, 0.2) is 24.5 Å². The molecular formula is C6H10O2. The molecule has 0 amide bonds. The van der Waals surface area contributed by atoms with E-state index < -0.39 is 0 Å². The van der Waals surface area contributed by atoms with Crippen LogP contribution in [0, 0.1) is 0 Å². The molecule has 0 saturated carbocycles. The number of hydrogen-bond acceptors (Lipinski definition) is 2. The van der Waals surface area contributed by atoms with E-state index in [9.17, 15) is 0 Å². The van der Waals surface area contributed by atoms with Crippen molar-refractivity contribution in [3.63, 3.8) is 0 Å². The molecule has 0 saturated heterocycles. The largest absolute Gasteiger partial charge is 0.504 e. The number of aliphatic hydroxyl groups is 1. The highest BCUT2D eigenvalue weighted by molar-refractivity contribution is 5.12. The monoisotopic (exact) mass is 114 g/mol. The van der Waals surface area contributed by atoms with Gasteiger partial charge < -0.3 is 9.84 Å². The van der Waals surface area contributed by atoms with Crippen molar-refractivity contribution < 1.29 is 9.84 Å². The second kappa shape index (κ2) is 4.40. The van der Waals surface area contributed by atoms with Crippen LogP contribution in [0.1, 0.15) is 0 Å². The summed E-state index contributed by atoms with van der Waals surface area (Å²) >= 11 is 0. The van der Waals surface area contributed by atoms with Crippen molar-refractivity contribution >= 4 is 0 Å². The van der Waals surface area contributed by atoms with E-state index in [4.69, 9.17) is 5.11 Å². The van der Waals surface area contributed by atoms with Gasteiger partial charge >= 0.3 is 0 Å². The number of rotatable bonds is 3. The van der Waals surface area contributed by atoms with Crippen molar-refractivity contribution in [2.75, 3.05) is 13.7 Å². The van der Waals surface area contributed by atoms with Gasteiger partial charge in [-0.05, 0) is 11.6 Å². The van der Waals surface area contributed by atoms with E-state index in [0.717, 1.165) is 0 Å². The molecule has 0 aliphatic rings. The van der Waals surface area contributed by atoms with E-state index in [1.165, 1.54) is 6.26 Å². The lowest BCUT2D eigenvalue weighted by atomic mass is 10.3. The van der Waals surface area contributed by atoms with Gasteiger partial charge in [-0.1, -0.05) is 6.58 Å². The molecule has 0 unspecified atom stereocenters. The van der Waals surface area contributed by atoms with Gasteiger partial charge in [0.25, 0.3) is 0 Å². The first-order valence-corrected chi connectivity index (χ1v) is 2.29. The van der Waals surface area contributed by atoms with Gasteiger partial charge in [0.05, 0.1) is 20.0 Å². The predicted octanol–water partition coefficient (Wildman–Crippen LogP) is 0.695. The topological polar surface area (TPSA) is 29.5 Å². The summed E-state index contributed by atoms with van der Waals surface area (Å²) in [5.41, 5.74) is 0.645. The zero-order valence-corrected chi connectivity index (χ0v) is 4.92. The van der Waals surface area contributed by atoms with Gasteiger partial charge in [0.1, 0.15) is 0 Å². The molecular weight excluding hydrogens is 104 g/mol. The maximum Gasteiger partial charge on any atom is 0.0828 e. The molecule has 8 heavy (non-hydrogen) atoms. The summed E-state index contributed by atoms with van der Waals surface area (Å²) in [5.74, 6) is 0. The minimum absolute atomic E-state index is 0.0140. The molecule has 0 radical (unpaired) electrons. The normalized spacial score (nSPS) is 9.75. The fourth-order valence-electron chi connectivity index (χ4n) is 0.217. The van der Waals surface area contributed by atoms with Crippen molar-refractivity contribution in [2.45, 2.75) is 0 Å². The number of methoxy groups -OCH3 is 1. The molecule has 0 atom stereocenters. The fourth-order valence-corrected chi connectivity index (χ4v) is 0.217. The quantitative estimate of drug-likeness (QED) is 0.432. The first-order chi connectivity index (χ1) is 3.81. The van der Waals surface area contributed by atoms with E-state index >= 15 is 0 Å². The van der Waals surface area contributed by atoms with Crippen LogP contribution in [0.3, 0.4) is 0 Å². The Balaban J connectivity index is 3.37. The minimum Gasteiger partial charge on any atom is -0.504 e. The Hall–Kier alpha value is -0.760. The first kappa shape index (κ1) is 7.24. The molecule has 0 rings (SSSR count). The predicted molar refractivity (Wildman–Crippen MR) is 32.4 cm³/mol. The van der Waals surface area contributed by atoms with Gasteiger partial charge in [-0.25, -0.2) is 0 Å². The van der Waals surface area contributed by atoms with Crippen LogP contribution in [-0.4, -0.2) is 18.8 Å². The summed E-state index contributed by atoms with van der Waals surface area (Å²) in [6.07, 6.45) is 3.08. The Bertz CT molecular complexity index is 94.7. The highest BCUT2D eigenvalue weighted by atomic mass is 16.5. The molecule has 0 aliphatic heterocycles. The summed E-state index contributed by atoms with van der Waals surface area (Å²) in [4.78, 5) is 0. The molecule has 0 aromatic rings. The minimum atomic E-state index is -0.0140. The van der Waals surface area contributed by atoms with Crippen LogP contribution < -0.4 is 0 Å². The Labute approximate surface area is 49.1 Å². The number of ether oxygens (including phenoxy) is 1. The lowest BCUT2D eigenvalue weighted by Crippen LogP contribution is -1.81. The zero-order chi connectivity index (χ0) is 6.41. The third kappa shape index (κ3) is 3.43. The summed E-state index contributed by atoms with van der Waals surface area (Å²) in [6.45, 7) is 3.48. The summed E-state index contributed by atoms with van der Waals surface area (Å²) in [5, 5.41) is 8.36. The molecule has 0 bridgehead atoms. The second-order valence-corrected chi connectivity index (χ2v) is 1.35. The summed E-state index contributed by atoms with van der Waals surface area (Å²) < 4.78 is 4.56. The average molecular weight is 114 g/mol. The van der Waals surface area contributed by atoms with Crippen LogP contribution in [0.5, 0.6) is 0 Å². The Kier molecular flexibility index (Phi) is 3.98. The SMILES string of the molecule is C=C(/C=C/OC)CO. The Morgan fingerprint density at radius 1 is 1.88 bits per heavy atom. The molecule has 2 nitrogen and oxygen atoms in total. The lowest BCUT2D eigenvalue weighted by Gasteiger charge is -1.88. The van der Waals surface area contributed by atoms with Gasteiger partial charge in [0.2, 0.25) is 0 Å². The molecule has 1 N–H and O–H groups in total. The number of hydrogen-bond donors (Lipinski definition) is 1. The standard InChI is InChI=1S/C6H10O2/c1-6(5-7)3-4-8-2/h3-4,7H,1,5H2,2H3/b4-3+. The van der Waals surface area contributed by atoms with Crippen molar-refractivity contribution in [2.24, 2.45) is 0 Å². The van der Waals surface area contributed by atoms with Crippen LogP contribution >= 0.6 is 0 Å². The van der Waals surface area contributed by atoms with Crippen LogP contribution in [0.2, 0.25) is 0 Å². The zero-order valence-electron chi connectivity index (χ0n) is 4.92. The highest BCUT2D eigenvalue weighted by Gasteiger charge is 1.78. The molecule has 0 spiro atoms. The van der Waals surface area contributed by atoms with E-state index in [2.05, 4.69) is 11.3 Å². The fraction of sp³-hybridized carbons (Fsp3) is 0.333. The Morgan fingerprint density at radius 3 is 2.88 bits per heavy atom. The molecule has 0 heterocycles. The van der Waals surface area contributed by atoms with Crippen LogP contribution in [0.4, 0.5) is 0 Å².